The molecular formula is C13H14Cl3N3O. The second-order valence-corrected chi connectivity index (χ2v) is 6.29. The molecule has 2 aromatic rings. The van der Waals surface area contributed by atoms with Gasteiger partial charge in [-0.25, -0.2) is 4.98 Å². The maximum Gasteiger partial charge on any atom is 0.219 e. The minimum Gasteiger partial charge on any atom is -0.370 e. The Hall–Kier alpha value is -0.970. The molecule has 0 bridgehead atoms. The first kappa shape index (κ1) is 15.4. The van der Waals surface area contributed by atoms with Crippen molar-refractivity contribution in [2.24, 2.45) is 5.73 Å². The minimum atomic E-state index is -0.554. The maximum absolute atomic E-state index is 11.3. The average Bonchev–Trinajstić information content (AvgIpc) is 2.66. The Morgan fingerprint density at radius 1 is 1.35 bits per heavy atom. The van der Waals surface area contributed by atoms with Crippen molar-refractivity contribution >= 4 is 51.7 Å². The molecule has 0 unspecified atom stereocenters. The molecule has 0 aliphatic heterocycles. The fraction of sp³-hybridized carbons (Fsp3) is 0.385. The monoisotopic (exact) mass is 333 g/mol. The number of nitrogens with two attached hydrogens (primary N) is 1. The fourth-order valence-electron chi connectivity index (χ4n) is 2.39. The Morgan fingerprint density at radius 2 is 1.95 bits per heavy atom. The van der Waals surface area contributed by atoms with E-state index >= 15 is 0 Å². The van der Waals surface area contributed by atoms with E-state index < -0.39 is 11.4 Å². The van der Waals surface area contributed by atoms with E-state index in [1.165, 1.54) is 0 Å². The van der Waals surface area contributed by atoms with Crippen LogP contribution in [0.1, 0.15) is 26.1 Å². The van der Waals surface area contributed by atoms with Gasteiger partial charge in [-0.3, -0.25) is 4.79 Å². The summed E-state index contributed by atoms with van der Waals surface area (Å²) < 4.78 is 1.89. The predicted octanol–water partition coefficient (Wildman–Crippen LogP) is 3.69. The van der Waals surface area contributed by atoms with Crippen LogP contribution in [-0.4, -0.2) is 15.5 Å². The molecule has 2 rings (SSSR count). The highest BCUT2D eigenvalue weighted by Gasteiger charge is 2.28. The van der Waals surface area contributed by atoms with Crippen molar-refractivity contribution in [3.05, 3.63) is 28.0 Å². The molecule has 2 N–H and O–H groups in total. The molecule has 7 heteroatoms. The van der Waals surface area contributed by atoms with Crippen molar-refractivity contribution in [2.75, 3.05) is 0 Å². The van der Waals surface area contributed by atoms with Gasteiger partial charge in [0.2, 0.25) is 5.91 Å². The van der Waals surface area contributed by atoms with Crippen LogP contribution in [0, 0.1) is 0 Å². The van der Waals surface area contributed by atoms with Crippen molar-refractivity contribution in [2.45, 2.75) is 31.7 Å². The Balaban J connectivity index is 2.72. The van der Waals surface area contributed by atoms with E-state index in [-0.39, 0.29) is 12.3 Å². The van der Waals surface area contributed by atoms with E-state index in [2.05, 4.69) is 4.98 Å². The molecule has 0 aliphatic rings. The molecule has 0 spiro atoms. The van der Waals surface area contributed by atoms with Gasteiger partial charge in [-0.1, -0.05) is 23.2 Å². The number of primary amides is 1. The van der Waals surface area contributed by atoms with Crippen LogP contribution >= 0.6 is 34.8 Å². The summed E-state index contributed by atoms with van der Waals surface area (Å²) in [4.78, 5) is 15.7. The molecule has 0 fully saturated rings. The number of carbonyl (C=O) groups excluding carboxylic acids is 1. The third-order valence-corrected chi connectivity index (χ3v) is 4.06. The quantitative estimate of drug-likeness (QED) is 0.867. The lowest BCUT2D eigenvalue weighted by atomic mass is 9.99. The lowest BCUT2D eigenvalue weighted by Crippen LogP contribution is -2.33. The van der Waals surface area contributed by atoms with Gasteiger partial charge in [-0.2, -0.15) is 0 Å². The molecule has 0 saturated carbocycles. The molecule has 1 aromatic heterocycles. The van der Waals surface area contributed by atoms with E-state index in [1.807, 2.05) is 18.4 Å². The third-order valence-electron chi connectivity index (χ3n) is 3.10. The number of aromatic nitrogens is 2. The van der Waals surface area contributed by atoms with Gasteiger partial charge in [0.1, 0.15) is 5.82 Å². The van der Waals surface area contributed by atoms with Crippen molar-refractivity contribution < 1.29 is 4.79 Å². The van der Waals surface area contributed by atoms with E-state index in [0.29, 0.717) is 21.4 Å². The highest BCUT2D eigenvalue weighted by atomic mass is 35.5. The molecule has 4 nitrogen and oxygen atoms in total. The maximum atomic E-state index is 11.3. The summed E-state index contributed by atoms with van der Waals surface area (Å²) in [6, 6.07) is 3.41. The van der Waals surface area contributed by atoms with Gasteiger partial charge in [-0.15, -0.1) is 11.6 Å². The zero-order valence-corrected chi connectivity index (χ0v) is 13.4. The zero-order chi connectivity index (χ0) is 15.1. The number of fused-ring (bicyclic) bond motifs is 1. The summed E-state index contributed by atoms with van der Waals surface area (Å²) in [7, 11) is 0. The number of halogens is 3. The van der Waals surface area contributed by atoms with Crippen LogP contribution in [-0.2, 0) is 16.2 Å². The van der Waals surface area contributed by atoms with Gasteiger partial charge in [0.05, 0.1) is 27.0 Å². The highest BCUT2D eigenvalue weighted by Crippen LogP contribution is 2.33. The molecule has 0 radical (unpaired) electrons. The van der Waals surface area contributed by atoms with Crippen LogP contribution in [0.5, 0.6) is 0 Å². The first-order valence-electron chi connectivity index (χ1n) is 5.97. The Labute approximate surface area is 131 Å². The van der Waals surface area contributed by atoms with Crippen LogP contribution in [0.4, 0.5) is 0 Å². The number of carbonyl (C=O) groups is 1. The largest absolute Gasteiger partial charge is 0.370 e. The summed E-state index contributed by atoms with van der Waals surface area (Å²) >= 11 is 18.0. The van der Waals surface area contributed by atoms with Gasteiger partial charge in [0.15, 0.2) is 0 Å². The number of alkyl halides is 1. The molecular weight excluding hydrogens is 321 g/mol. The van der Waals surface area contributed by atoms with E-state index in [4.69, 9.17) is 40.5 Å². The topological polar surface area (TPSA) is 60.9 Å². The first-order chi connectivity index (χ1) is 9.26. The molecule has 20 heavy (non-hydrogen) atoms. The van der Waals surface area contributed by atoms with Crippen LogP contribution in [0.3, 0.4) is 0 Å². The van der Waals surface area contributed by atoms with Gasteiger partial charge >= 0.3 is 0 Å². The summed E-state index contributed by atoms with van der Waals surface area (Å²) in [6.45, 7) is 3.80. The number of imidazole rings is 1. The minimum absolute atomic E-state index is 0.169. The van der Waals surface area contributed by atoms with Crippen molar-refractivity contribution in [1.29, 1.82) is 0 Å². The number of amides is 1. The average molecular weight is 335 g/mol. The number of benzene rings is 1. The molecule has 108 valence electrons. The lowest BCUT2D eigenvalue weighted by Gasteiger charge is -2.28. The normalized spacial score (nSPS) is 12.1. The second-order valence-electron chi connectivity index (χ2n) is 5.21. The zero-order valence-electron chi connectivity index (χ0n) is 11.1. The van der Waals surface area contributed by atoms with Crippen molar-refractivity contribution in [1.82, 2.24) is 9.55 Å². The van der Waals surface area contributed by atoms with Gasteiger partial charge < -0.3 is 10.3 Å². The van der Waals surface area contributed by atoms with E-state index in [9.17, 15) is 4.79 Å². The van der Waals surface area contributed by atoms with Crippen molar-refractivity contribution in [3.8, 4) is 0 Å². The Morgan fingerprint density at radius 3 is 2.50 bits per heavy atom. The predicted molar refractivity (Wildman–Crippen MR) is 82.4 cm³/mol. The standard InChI is InChI=1S/C13H14Cl3N3O/c1-13(2,5-11(17)20)19-10-4-8(16)7(15)3-9(10)18-12(19)6-14/h3-4H,5-6H2,1-2H3,(H2,17,20). The van der Waals surface area contributed by atoms with E-state index in [0.717, 1.165) is 5.52 Å². The summed E-state index contributed by atoms with van der Waals surface area (Å²) in [5, 5.41) is 0.856. The van der Waals surface area contributed by atoms with Gasteiger partial charge in [0.25, 0.3) is 0 Å². The number of nitrogens with zero attached hydrogens (tertiary/aromatic N) is 2. The third kappa shape index (κ3) is 2.73. The Bertz CT molecular complexity index is 679. The number of hydrogen-bond donors (Lipinski definition) is 1. The molecule has 1 heterocycles. The molecule has 1 amide bonds. The van der Waals surface area contributed by atoms with Gasteiger partial charge in [0, 0.05) is 12.0 Å². The van der Waals surface area contributed by atoms with E-state index in [1.54, 1.807) is 12.1 Å². The van der Waals surface area contributed by atoms with Crippen LogP contribution in [0.15, 0.2) is 12.1 Å². The molecule has 0 aliphatic carbocycles. The smallest absolute Gasteiger partial charge is 0.219 e. The first-order valence-corrected chi connectivity index (χ1v) is 7.26. The lowest BCUT2D eigenvalue weighted by molar-refractivity contribution is -0.119. The number of hydrogen-bond acceptors (Lipinski definition) is 2. The SMILES string of the molecule is CC(C)(CC(N)=O)n1c(CCl)nc2cc(Cl)c(Cl)cc21. The van der Waals surface area contributed by atoms with Crippen LogP contribution in [0.2, 0.25) is 10.0 Å². The van der Waals surface area contributed by atoms with Crippen LogP contribution in [0.25, 0.3) is 11.0 Å². The van der Waals surface area contributed by atoms with Gasteiger partial charge in [-0.05, 0) is 26.0 Å². The Kier molecular flexibility index (Phi) is 4.19. The van der Waals surface area contributed by atoms with Crippen molar-refractivity contribution in [3.63, 3.8) is 0 Å². The highest BCUT2D eigenvalue weighted by molar-refractivity contribution is 6.42. The molecule has 0 atom stereocenters. The number of rotatable bonds is 4. The molecule has 1 aromatic carbocycles. The fourth-order valence-corrected chi connectivity index (χ4v) is 2.89. The van der Waals surface area contributed by atoms with Crippen LogP contribution < -0.4 is 5.73 Å². The summed E-state index contributed by atoms with van der Waals surface area (Å²) in [5.74, 6) is 0.468. The molecule has 0 saturated heterocycles. The summed E-state index contributed by atoms with van der Waals surface area (Å²) in [5.41, 5.74) is 6.23. The summed E-state index contributed by atoms with van der Waals surface area (Å²) in [6.07, 6.45) is 0.169. The second kappa shape index (κ2) is 5.43.